The first kappa shape index (κ1) is 22.6. The molecule has 0 aliphatic carbocycles. The van der Waals surface area contributed by atoms with Crippen molar-refractivity contribution in [3.8, 4) is 0 Å². The number of amides is 1. The molecule has 0 bridgehead atoms. The van der Waals surface area contributed by atoms with Crippen molar-refractivity contribution < 1.29 is 17.6 Å². The van der Waals surface area contributed by atoms with Crippen molar-refractivity contribution in [2.24, 2.45) is 5.73 Å². The maximum absolute atomic E-state index is 14.0. The van der Waals surface area contributed by atoms with E-state index in [2.05, 4.69) is 41.3 Å². The van der Waals surface area contributed by atoms with Crippen molar-refractivity contribution in [2.45, 2.75) is 11.8 Å². The number of nitrogens with one attached hydrogen (secondary N) is 3. The fraction of sp³-hybridized carbons (Fsp3) is 0.105. The van der Waals surface area contributed by atoms with E-state index in [1.54, 1.807) is 19.1 Å². The van der Waals surface area contributed by atoms with E-state index in [1.807, 2.05) is 0 Å². The molecule has 1 aromatic heterocycles. The van der Waals surface area contributed by atoms with Crippen molar-refractivity contribution in [2.75, 3.05) is 17.2 Å². The van der Waals surface area contributed by atoms with Crippen molar-refractivity contribution >= 4 is 55.0 Å². The second kappa shape index (κ2) is 9.37. The number of benzene rings is 2. The number of halogens is 2. The summed E-state index contributed by atoms with van der Waals surface area (Å²) in [5, 5.41) is 5.82. The minimum atomic E-state index is -3.56. The van der Waals surface area contributed by atoms with Crippen LogP contribution in [0, 0.1) is 5.82 Å². The molecule has 1 amide bonds. The van der Waals surface area contributed by atoms with Crippen LogP contribution in [0.15, 0.2) is 58.0 Å². The van der Waals surface area contributed by atoms with Gasteiger partial charge in [-0.3, -0.25) is 4.79 Å². The maximum atomic E-state index is 14.0. The van der Waals surface area contributed by atoms with Gasteiger partial charge in [-0.25, -0.2) is 22.5 Å². The number of nitrogens with zero attached hydrogens (tertiary/aromatic N) is 2. The minimum Gasteiger partial charge on any atom is -0.365 e. The van der Waals surface area contributed by atoms with Crippen LogP contribution in [0.5, 0.6) is 0 Å². The summed E-state index contributed by atoms with van der Waals surface area (Å²) >= 11 is 3.30. The lowest BCUT2D eigenvalue weighted by atomic mass is 10.1. The predicted molar refractivity (Wildman–Crippen MR) is 119 cm³/mol. The van der Waals surface area contributed by atoms with E-state index < -0.39 is 21.7 Å². The number of hydrogen-bond acceptors (Lipinski definition) is 7. The molecule has 3 rings (SSSR count). The van der Waals surface area contributed by atoms with Crippen LogP contribution >= 0.6 is 15.9 Å². The number of carbonyl (C=O) groups excluding carboxylic acids is 1. The monoisotopic (exact) mass is 508 g/mol. The Morgan fingerprint density at radius 1 is 1.16 bits per heavy atom. The molecule has 9 nitrogen and oxygen atoms in total. The highest BCUT2D eigenvalue weighted by Gasteiger charge is 2.16. The normalized spacial score (nSPS) is 11.2. The van der Waals surface area contributed by atoms with Gasteiger partial charge in [0, 0.05) is 18.4 Å². The summed E-state index contributed by atoms with van der Waals surface area (Å²) in [5.74, 6) is -1.23. The molecular weight excluding hydrogens is 491 g/mol. The smallest absolute Gasteiger partial charge is 0.253 e. The molecule has 0 atom stereocenters. The number of anilines is 4. The molecular formula is C19H18BrFN6O3S. The Morgan fingerprint density at radius 2 is 1.87 bits per heavy atom. The van der Waals surface area contributed by atoms with Crippen LogP contribution in [0.1, 0.15) is 17.3 Å². The number of nitrogens with two attached hydrogens (primary N) is 1. The van der Waals surface area contributed by atoms with Crippen LogP contribution in [0.25, 0.3) is 0 Å². The molecule has 1 heterocycles. The van der Waals surface area contributed by atoms with E-state index >= 15 is 0 Å². The van der Waals surface area contributed by atoms with Crippen LogP contribution in [-0.4, -0.2) is 30.8 Å². The van der Waals surface area contributed by atoms with Gasteiger partial charge >= 0.3 is 0 Å². The zero-order valence-electron chi connectivity index (χ0n) is 16.2. The van der Waals surface area contributed by atoms with E-state index in [-0.39, 0.29) is 34.5 Å². The van der Waals surface area contributed by atoms with Gasteiger partial charge in [0.1, 0.15) is 11.6 Å². The summed E-state index contributed by atoms with van der Waals surface area (Å²) in [6.45, 7) is 1.98. The van der Waals surface area contributed by atoms with E-state index in [0.717, 1.165) is 6.07 Å². The Kier molecular flexibility index (Phi) is 6.83. The van der Waals surface area contributed by atoms with E-state index in [1.165, 1.54) is 30.5 Å². The van der Waals surface area contributed by atoms with Gasteiger partial charge in [-0.05, 0) is 52.3 Å². The molecule has 0 fully saturated rings. The Hall–Kier alpha value is -3.09. The number of rotatable bonds is 8. The molecule has 2 aromatic carbocycles. The standard InChI is InChI=1S/C19H18BrFN6O3S/c1-2-24-31(29,30)12-8-6-11(7-9-12)25-19-23-10-13(20)18(27-19)26-15-5-3-4-14(21)16(15)17(22)28/h3-10,24H,2H2,1H3,(H2,22,28)(H2,23,25,26,27). The Morgan fingerprint density at radius 3 is 2.52 bits per heavy atom. The molecule has 162 valence electrons. The van der Waals surface area contributed by atoms with Crippen molar-refractivity contribution in [3.05, 3.63) is 64.5 Å². The average Bonchev–Trinajstić information content (AvgIpc) is 2.70. The molecule has 12 heteroatoms. The van der Waals surface area contributed by atoms with Crippen molar-refractivity contribution in [3.63, 3.8) is 0 Å². The summed E-state index contributed by atoms with van der Waals surface area (Å²) < 4.78 is 40.9. The van der Waals surface area contributed by atoms with Crippen LogP contribution in [0.4, 0.5) is 27.5 Å². The van der Waals surface area contributed by atoms with Crippen molar-refractivity contribution in [1.29, 1.82) is 0 Å². The lowest BCUT2D eigenvalue weighted by molar-refractivity contribution is 0.0997. The maximum Gasteiger partial charge on any atom is 0.253 e. The third-order valence-corrected chi connectivity index (χ3v) is 6.15. The molecule has 0 aliphatic rings. The molecule has 0 spiro atoms. The number of carbonyl (C=O) groups is 1. The zero-order chi connectivity index (χ0) is 22.6. The van der Waals surface area contributed by atoms with Gasteiger partial charge in [-0.2, -0.15) is 4.98 Å². The SMILES string of the molecule is CCNS(=O)(=O)c1ccc(Nc2ncc(Br)c(Nc3cccc(F)c3C(N)=O)n2)cc1. The van der Waals surface area contributed by atoms with Crippen LogP contribution < -0.4 is 21.1 Å². The number of primary amides is 1. The summed E-state index contributed by atoms with van der Waals surface area (Å²) in [6.07, 6.45) is 1.46. The first-order valence-corrected chi connectivity index (χ1v) is 11.2. The largest absolute Gasteiger partial charge is 0.365 e. The highest BCUT2D eigenvalue weighted by atomic mass is 79.9. The average molecular weight is 509 g/mol. The van der Waals surface area contributed by atoms with Crippen molar-refractivity contribution in [1.82, 2.24) is 14.7 Å². The highest BCUT2D eigenvalue weighted by molar-refractivity contribution is 9.10. The number of aromatic nitrogens is 2. The minimum absolute atomic E-state index is 0.129. The molecule has 0 saturated carbocycles. The van der Waals surface area contributed by atoms with Gasteiger partial charge in [0.25, 0.3) is 5.91 Å². The van der Waals surface area contributed by atoms with Gasteiger partial charge in [0.2, 0.25) is 16.0 Å². The molecule has 0 radical (unpaired) electrons. The lowest BCUT2D eigenvalue weighted by Gasteiger charge is -2.13. The van der Waals surface area contributed by atoms with Gasteiger partial charge in [-0.15, -0.1) is 0 Å². The molecule has 31 heavy (non-hydrogen) atoms. The van der Waals surface area contributed by atoms with Crippen LogP contribution in [-0.2, 0) is 10.0 Å². The molecule has 0 aliphatic heterocycles. The summed E-state index contributed by atoms with van der Waals surface area (Å²) in [4.78, 5) is 20.2. The van der Waals surface area contributed by atoms with Crippen LogP contribution in [0.3, 0.4) is 0 Å². The quantitative estimate of drug-likeness (QED) is 0.366. The Labute approximate surface area is 186 Å². The first-order valence-electron chi connectivity index (χ1n) is 8.96. The number of hydrogen-bond donors (Lipinski definition) is 4. The summed E-state index contributed by atoms with van der Waals surface area (Å²) in [5.41, 5.74) is 5.68. The fourth-order valence-electron chi connectivity index (χ4n) is 2.64. The second-order valence-electron chi connectivity index (χ2n) is 6.19. The second-order valence-corrected chi connectivity index (χ2v) is 8.81. The Bertz CT molecular complexity index is 1220. The lowest BCUT2D eigenvalue weighted by Crippen LogP contribution is -2.22. The molecule has 0 unspecified atom stereocenters. The van der Waals surface area contributed by atoms with Crippen LogP contribution in [0.2, 0.25) is 0 Å². The van der Waals surface area contributed by atoms with E-state index in [0.29, 0.717) is 10.2 Å². The third kappa shape index (κ3) is 5.34. The molecule has 5 N–H and O–H groups in total. The van der Waals surface area contributed by atoms with E-state index in [9.17, 15) is 17.6 Å². The molecule has 3 aromatic rings. The summed E-state index contributed by atoms with van der Waals surface area (Å²) in [7, 11) is -3.56. The first-order chi connectivity index (χ1) is 14.7. The van der Waals surface area contributed by atoms with Gasteiger partial charge in [0.15, 0.2) is 0 Å². The zero-order valence-corrected chi connectivity index (χ0v) is 18.6. The topological polar surface area (TPSA) is 139 Å². The predicted octanol–water partition coefficient (Wildman–Crippen LogP) is 3.26. The number of sulfonamides is 1. The Balaban J connectivity index is 1.84. The van der Waals surface area contributed by atoms with Gasteiger partial charge in [-0.1, -0.05) is 13.0 Å². The van der Waals surface area contributed by atoms with E-state index in [4.69, 9.17) is 5.73 Å². The highest BCUT2D eigenvalue weighted by Crippen LogP contribution is 2.28. The molecule has 0 saturated heterocycles. The van der Waals surface area contributed by atoms with Gasteiger partial charge in [0.05, 0.1) is 20.6 Å². The third-order valence-electron chi connectivity index (χ3n) is 4.01. The van der Waals surface area contributed by atoms with Gasteiger partial charge < -0.3 is 16.4 Å². The fourth-order valence-corrected chi connectivity index (χ4v) is 3.97. The summed E-state index contributed by atoms with van der Waals surface area (Å²) in [6, 6.07) is 10.1.